The van der Waals surface area contributed by atoms with Crippen LogP contribution in [0.3, 0.4) is 0 Å². The summed E-state index contributed by atoms with van der Waals surface area (Å²) in [5.74, 6) is 3.24. The van der Waals surface area contributed by atoms with E-state index in [1.165, 1.54) is 108 Å². The SMILES string of the molecule is c1ccc(-n2c3ccccc3c3cccc(N(c4ccc5c(c4)C4(c6ccccc6-5)C5CC6CC(C5)CC4C6)c4cccc5sc6ccccc6c45)c32)cc1. The molecule has 9 aromatic rings. The molecule has 55 heavy (non-hydrogen) atoms. The first kappa shape index (κ1) is 30.7. The minimum absolute atomic E-state index is 0.0903. The Morgan fingerprint density at radius 3 is 2.02 bits per heavy atom. The number of rotatable bonds is 4. The summed E-state index contributed by atoms with van der Waals surface area (Å²) in [6.07, 6.45) is 6.98. The van der Waals surface area contributed by atoms with E-state index >= 15 is 0 Å². The lowest BCUT2D eigenvalue weighted by Crippen LogP contribution is -2.55. The van der Waals surface area contributed by atoms with Crippen LogP contribution in [0.2, 0.25) is 0 Å². The van der Waals surface area contributed by atoms with Crippen LogP contribution in [0.1, 0.15) is 43.2 Å². The zero-order chi connectivity index (χ0) is 35.8. The van der Waals surface area contributed by atoms with Crippen LogP contribution in [0, 0.1) is 23.7 Å². The van der Waals surface area contributed by atoms with E-state index in [1.807, 2.05) is 11.3 Å². The summed E-state index contributed by atoms with van der Waals surface area (Å²) in [5.41, 5.74) is 13.6. The molecular formula is C52H40N2S. The molecule has 4 bridgehead atoms. The molecule has 14 rings (SSSR count). The van der Waals surface area contributed by atoms with E-state index in [1.54, 1.807) is 11.1 Å². The van der Waals surface area contributed by atoms with Crippen molar-refractivity contribution in [3.8, 4) is 16.8 Å². The summed E-state index contributed by atoms with van der Waals surface area (Å²) in [7, 11) is 0. The molecule has 7 aromatic carbocycles. The van der Waals surface area contributed by atoms with Gasteiger partial charge in [-0.15, -0.1) is 11.3 Å². The van der Waals surface area contributed by atoms with Crippen LogP contribution >= 0.6 is 11.3 Å². The zero-order valence-electron chi connectivity index (χ0n) is 30.7. The second-order valence-electron chi connectivity index (χ2n) is 16.9. The van der Waals surface area contributed by atoms with E-state index in [-0.39, 0.29) is 5.41 Å². The van der Waals surface area contributed by atoms with E-state index in [0.29, 0.717) is 11.8 Å². The van der Waals surface area contributed by atoms with Gasteiger partial charge in [0.05, 0.1) is 22.4 Å². The average molecular weight is 725 g/mol. The van der Waals surface area contributed by atoms with Gasteiger partial charge in [0.2, 0.25) is 0 Å². The fourth-order valence-electron chi connectivity index (χ4n) is 12.7. The molecule has 2 aromatic heterocycles. The summed E-state index contributed by atoms with van der Waals surface area (Å²) >= 11 is 1.90. The first-order valence-corrected chi connectivity index (χ1v) is 21.1. The van der Waals surface area contributed by atoms with Gasteiger partial charge in [-0.05, 0) is 133 Å². The Hall–Kier alpha value is -5.64. The molecule has 4 fully saturated rings. The number of fused-ring (bicyclic) bond motifs is 9. The molecule has 2 heterocycles. The van der Waals surface area contributed by atoms with Crippen molar-refractivity contribution in [2.75, 3.05) is 4.90 Å². The van der Waals surface area contributed by atoms with Crippen molar-refractivity contribution in [3.63, 3.8) is 0 Å². The van der Waals surface area contributed by atoms with Crippen LogP contribution in [0.15, 0.2) is 158 Å². The highest BCUT2D eigenvalue weighted by Crippen LogP contribution is 2.69. The Bertz CT molecular complexity index is 2990. The van der Waals surface area contributed by atoms with E-state index in [0.717, 1.165) is 11.8 Å². The summed E-state index contributed by atoms with van der Waals surface area (Å²) in [6, 6.07) is 59.9. The minimum atomic E-state index is 0.0903. The second-order valence-corrected chi connectivity index (χ2v) is 18.0. The molecule has 0 amide bonds. The van der Waals surface area contributed by atoms with Gasteiger partial charge in [-0.2, -0.15) is 0 Å². The van der Waals surface area contributed by atoms with E-state index in [4.69, 9.17) is 0 Å². The first-order valence-electron chi connectivity index (χ1n) is 20.3. The number of hydrogen-bond donors (Lipinski definition) is 0. The third-order valence-electron chi connectivity index (χ3n) is 14.3. The van der Waals surface area contributed by atoms with Crippen LogP contribution in [0.4, 0.5) is 17.1 Å². The number of para-hydroxylation sites is 3. The smallest absolute Gasteiger partial charge is 0.0782 e. The molecular weight excluding hydrogens is 685 g/mol. The normalized spacial score (nSPS) is 23.3. The molecule has 0 radical (unpaired) electrons. The lowest BCUT2D eigenvalue weighted by molar-refractivity contribution is -0.0399. The molecule has 0 unspecified atom stereocenters. The maximum absolute atomic E-state index is 2.67. The molecule has 4 saturated carbocycles. The standard InChI is InChI=1S/C52H40N2S/c1-2-12-36(13-3-1)54-45-19-8-5-15-40(45)41-17-10-21-47(51(41)54)53(46-20-11-23-49-50(46)42-16-6-9-22-48(42)55-49)37-24-25-39-38-14-4-7-18-43(38)52(44(39)31-37)34-27-32-26-33(29-34)30-35(52)28-32/h1-25,31-35H,26-30H2. The molecule has 1 spiro atoms. The van der Waals surface area contributed by atoms with Crippen molar-refractivity contribution in [1.82, 2.24) is 4.57 Å². The van der Waals surface area contributed by atoms with E-state index in [2.05, 4.69) is 167 Å². The maximum Gasteiger partial charge on any atom is 0.0782 e. The van der Waals surface area contributed by atoms with Crippen molar-refractivity contribution in [2.24, 2.45) is 23.7 Å². The first-order chi connectivity index (χ1) is 27.3. The summed E-state index contributed by atoms with van der Waals surface area (Å²) < 4.78 is 5.16. The fraction of sp³-hybridized carbons (Fsp3) is 0.192. The van der Waals surface area contributed by atoms with Gasteiger partial charge >= 0.3 is 0 Å². The van der Waals surface area contributed by atoms with Crippen molar-refractivity contribution in [3.05, 3.63) is 169 Å². The molecule has 5 aliphatic rings. The summed E-state index contributed by atoms with van der Waals surface area (Å²) in [4.78, 5) is 2.63. The second kappa shape index (κ2) is 11.2. The van der Waals surface area contributed by atoms with Crippen LogP contribution in [-0.2, 0) is 5.41 Å². The van der Waals surface area contributed by atoms with Gasteiger partial charge < -0.3 is 9.47 Å². The lowest BCUT2D eigenvalue weighted by atomic mass is 9.43. The van der Waals surface area contributed by atoms with Gasteiger partial charge in [0, 0.05) is 47.7 Å². The number of nitrogens with zero attached hydrogens (tertiary/aromatic N) is 2. The maximum atomic E-state index is 2.67. The van der Waals surface area contributed by atoms with Gasteiger partial charge in [0.25, 0.3) is 0 Å². The predicted molar refractivity (Wildman–Crippen MR) is 232 cm³/mol. The van der Waals surface area contributed by atoms with E-state index < -0.39 is 0 Å². The fourth-order valence-corrected chi connectivity index (χ4v) is 13.8. The number of hydrogen-bond acceptors (Lipinski definition) is 2. The Labute approximate surface area is 325 Å². The van der Waals surface area contributed by atoms with Crippen LogP contribution in [0.5, 0.6) is 0 Å². The molecule has 0 atom stereocenters. The molecule has 3 heteroatoms. The largest absolute Gasteiger partial charge is 0.308 e. The monoisotopic (exact) mass is 724 g/mol. The third kappa shape index (κ3) is 4.04. The molecule has 2 nitrogen and oxygen atoms in total. The molecule has 0 saturated heterocycles. The Balaban J connectivity index is 1.14. The lowest BCUT2D eigenvalue weighted by Gasteiger charge is -2.61. The Kier molecular flexibility index (Phi) is 6.25. The van der Waals surface area contributed by atoms with Crippen LogP contribution < -0.4 is 4.90 Å². The minimum Gasteiger partial charge on any atom is -0.308 e. The van der Waals surface area contributed by atoms with Gasteiger partial charge in [-0.3, -0.25) is 0 Å². The summed E-state index contributed by atoms with van der Waals surface area (Å²) in [5, 5.41) is 5.20. The quantitative estimate of drug-likeness (QED) is 0.175. The Morgan fingerprint density at radius 2 is 1.16 bits per heavy atom. The molecule has 5 aliphatic carbocycles. The Morgan fingerprint density at radius 1 is 0.509 bits per heavy atom. The number of benzene rings is 7. The zero-order valence-corrected chi connectivity index (χ0v) is 31.5. The van der Waals surface area contributed by atoms with Gasteiger partial charge in [0.15, 0.2) is 0 Å². The van der Waals surface area contributed by atoms with Crippen molar-refractivity contribution in [1.29, 1.82) is 0 Å². The van der Waals surface area contributed by atoms with Crippen molar-refractivity contribution in [2.45, 2.75) is 37.5 Å². The molecule has 0 N–H and O–H groups in total. The number of anilines is 3. The third-order valence-corrected chi connectivity index (χ3v) is 15.5. The number of aromatic nitrogens is 1. The van der Waals surface area contributed by atoms with Crippen molar-refractivity contribution < 1.29 is 0 Å². The highest BCUT2D eigenvalue weighted by atomic mass is 32.1. The van der Waals surface area contributed by atoms with Gasteiger partial charge in [0.1, 0.15) is 0 Å². The average Bonchev–Trinajstić information content (AvgIpc) is 3.87. The van der Waals surface area contributed by atoms with Gasteiger partial charge in [-0.1, -0.05) is 103 Å². The highest BCUT2D eigenvalue weighted by molar-refractivity contribution is 7.26. The number of thiophene rings is 1. The topological polar surface area (TPSA) is 8.17 Å². The van der Waals surface area contributed by atoms with E-state index in [9.17, 15) is 0 Å². The summed E-state index contributed by atoms with van der Waals surface area (Å²) in [6.45, 7) is 0. The highest BCUT2D eigenvalue weighted by Gasteiger charge is 2.61. The van der Waals surface area contributed by atoms with Gasteiger partial charge in [-0.25, -0.2) is 0 Å². The van der Waals surface area contributed by atoms with Crippen LogP contribution in [0.25, 0.3) is 58.8 Å². The molecule has 264 valence electrons. The van der Waals surface area contributed by atoms with Crippen LogP contribution in [-0.4, -0.2) is 4.57 Å². The predicted octanol–water partition coefficient (Wildman–Crippen LogP) is 14.3. The van der Waals surface area contributed by atoms with Crippen molar-refractivity contribution >= 4 is 70.4 Å². The molecule has 0 aliphatic heterocycles.